The van der Waals surface area contributed by atoms with Crippen LogP contribution in [0.3, 0.4) is 0 Å². The first kappa shape index (κ1) is 30.7. The third kappa shape index (κ3) is 3.56. The smallest absolute Gasteiger partial charge is 0.431 e. The highest BCUT2D eigenvalue weighted by Gasteiger charge is 2.79. The number of fused-ring (bicyclic) bond motifs is 7. The van der Waals surface area contributed by atoms with Crippen molar-refractivity contribution in [1.82, 2.24) is 0 Å². The summed E-state index contributed by atoms with van der Waals surface area (Å²) in [5.74, 6) is -3.87. The molecule has 10 heteroatoms. The van der Waals surface area contributed by atoms with Crippen molar-refractivity contribution in [3.8, 4) is 0 Å². The van der Waals surface area contributed by atoms with Crippen LogP contribution in [0, 0.1) is 45.3 Å². The number of hydrogen-bond acceptors (Lipinski definition) is 7. The number of carbonyl (C=O) groups is 3. The molecule has 7 nitrogen and oxygen atoms in total. The lowest BCUT2D eigenvalue weighted by molar-refractivity contribution is -0.236. The predicted octanol–water partition coefficient (Wildman–Crippen LogP) is 6.13. The molecular weight excluding hydrogens is 565 g/mol. The van der Waals surface area contributed by atoms with Gasteiger partial charge >= 0.3 is 12.1 Å². The van der Waals surface area contributed by atoms with Crippen LogP contribution < -0.4 is 0 Å². The Kier molecular flexibility index (Phi) is 6.65. The quantitative estimate of drug-likeness (QED) is 0.384. The maximum atomic E-state index is 17.6. The minimum Gasteiger partial charge on any atom is -0.431 e. The molecule has 0 radical (unpaired) electrons. The molecule has 43 heavy (non-hydrogen) atoms. The van der Waals surface area contributed by atoms with Gasteiger partial charge in [-0.05, 0) is 80.4 Å². The van der Waals surface area contributed by atoms with Gasteiger partial charge in [0.05, 0.1) is 6.10 Å². The van der Waals surface area contributed by atoms with Crippen LogP contribution in [0.15, 0.2) is 23.8 Å². The van der Waals surface area contributed by atoms with Crippen LogP contribution in [-0.4, -0.2) is 59.5 Å². The maximum absolute atomic E-state index is 17.6. The first-order valence-corrected chi connectivity index (χ1v) is 15.5. The van der Waals surface area contributed by atoms with Crippen LogP contribution in [0.5, 0.6) is 0 Å². The van der Waals surface area contributed by atoms with Gasteiger partial charge in [-0.15, -0.1) is 0 Å². The summed E-state index contributed by atoms with van der Waals surface area (Å²) in [7, 11) is 0. The van der Waals surface area contributed by atoms with Gasteiger partial charge in [-0.25, -0.2) is 22.8 Å². The van der Waals surface area contributed by atoms with Crippen molar-refractivity contribution in [3.63, 3.8) is 0 Å². The lowest BCUT2D eigenvalue weighted by Gasteiger charge is -2.62. The van der Waals surface area contributed by atoms with Gasteiger partial charge < -0.3 is 19.3 Å². The molecule has 0 saturated heterocycles. The summed E-state index contributed by atoms with van der Waals surface area (Å²) in [6.45, 7) is 9.69. The first-order chi connectivity index (χ1) is 19.9. The van der Waals surface area contributed by atoms with Crippen molar-refractivity contribution < 1.29 is 46.9 Å². The highest BCUT2D eigenvalue weighted by atomic mass is 19.1. The average molecular weight is 609 g/mol. The molecule has 5 fully saturated rings. The molecule has 5 saturated carbocycles. The van der Waals surface area contributed by atoms with Crippen molar-refractivity contribution in [1.29, 1.82) is 0 Å². The van der Waals surface area contributed by atoms with E-state index in [9.17, 15) is 23.9 Å². The number of rotatable bonds is 4. The van der Waals surface area contributed by atoms with Crippen molar-refractivity contribution in [2.45, 2.75) is 110 Å². The number of esters is 1. The van der Waals surface area contributed by atoms with Gasteiger partial charge in [0.15, 0.2) is 11.5 Å². The Morgan fingerprint density at radius 2 is 1.77 bits per heavy atom. The molecule has 0 aliphatic heterocycles. The molecule has 0 aromatic rings. The van der Waals surface area contributed by atoms with E-state index in [0.29, 0.717) is 12.3 Å². The zero-order chi connectivity index (χ0) is 31.5. The fourth-order valence-corrected chi connectivity index (χ4v) is 11.0. The Balaban J connectivity index is 1.37. The molecule has 6 rings (SSSR count). The number of alkyl halides is 3. The fourth-order valence-electron chi connectivity index (χ4n) is 11.0. The van der Waals surface area contributed by atoms with E-state index in [4.69, 9.17) is 14.2 Å². The SMILES string of the molecule is C[C@@H]1C[C@H]2[C@@H]3C[C@H](F)C4=CC(=O)C=C[C@]4(C)[C@@]3(F)[C@@H](O)C[C@]2(C)[C@@]1(OC(=O)O[C@H]1C[C@@H]2CC[C@@]1(C)C2(C)C)C(=O)OCF. The highest BCUT2D eigenvalue weighted by molar-refractivity contribution is 6.01. The summed E-state index contributed by atoms with van der Waals surface area (Å²) >= 11 is 0. The molecule has 0 aromatic heterocycles. The number of aliphatic hydroxyl groups is 1. The predicted molar refractivity (Wildman–Crippen MR) is 149 cm³/mol. The zero-order valence-electron chi connectivity index (χ0n) is 25.8. The molecule has 6 aliphatic rings. The van der Waals surface area contributed by atoms with Crippen LogP contribution in [0.4, 0.5) is 18.0 Å². The van der Waals surface area contributed by atoms with Crippen LogP contribution in [0.1, 0.15) is 80.1 Å². The van der Waals surface area contributed by atoms with Gasteiger partial charge in [0, 0.05) is 28.1 Å². The molecule has 0 spiro atoms. The Labute approximate surface area is 250 Å². The summed E-state index contributed by atoms with van der Waals surface area (Å²) in [6.07, 6.45) is 0.710. The number of allylic oxidation sites excluding steroid dienone is 4. The first-order valence-electron chi connectivity index (χ1n) is 15.5. The second kappa shape index (κ2) is 9.33. The monoisotopic (exact) mass is 608 g/mol. The van der Waals surface area contributed by atoms with Crippen molar-refractivity contribution >= 4 is 17.9 Å². The molecule has 0 heterocycles. The van der Waals surface area contributed by atoms with E-state index < -0.39 is 83.0 Å². The number of aliphatic hydroxyl groups excluding tert-OH is 1. The van der Waals surface area contributed by atoms with Crippen molar-refractivity contribution in [3.05, 3.63) is 23.8 Å². The Morgan fingerprint density at radius 3 is 2.37 bits per heavy atom. The largest absolute Gasteiger partial charge is 0.509 e. The second-order valence-electron chi connectivity index (χ2n) is 15.3. The Hall–Kier alpha value is -2.36. The lowest BCUT2D eigenvalue weighted by Crippen LogP contribution is -2.71. The average Bonchev–Trinajstić information content (AvgIpc) is 3.36. The summed E-state index contributed by atoms with van der Waals surface area (Å²) in [4.78, 5) is 39.5. The van der Waals surface area contributed by atoms with Crippen LogP contribution in [-0.2, 0) is 23.8 Å². The van der Waals surface area contributed by atoms with Crippen molar-refractivity contribution in [2.75, 3.05) is 6.86 Å². The van der Waals surface area contributed by atoms with Crippen LogP contribution in [0.2, 0.25) is 0 Å². The van der Waals surface area contributed by atoms with E-state index in [2.05, 4.69) is 20.8 Å². The van der Waals surface area contributed by atoms with Crippen LogP contribution in [0.25, 0.3) is 0 Å². The zero-order valence-corrected chi connectivity index (χ0v) is 25.8. The number of halogens is 3. The minimum atomic E-state index is -2.38. The summed E-state index contributed by atoms with van der Waals surface area (Å²) < 4.78 is 63.8. The maximum Gasteiger partial charge on any atom is 0.509 e. The molecule has 1 N–H and O–H groups in total. The topological polar surface area (TPSA) is 99.1 Å². The van der Waals surface area contributed by atoms with Gasteiger partial charge in [0.2, 0.25) is 12.5 Å². The van der Waals surface area contributed by atoms with Gasteiger partial charge in [-0.2, -0.15) is 0 Å². The molecule has 0 amide bonds. The standard InChI is InChI=1S/C33H43F3O7/c1-17-11-20-21-14-23(35)22-13-19(37)8-10-29(22,4)32(21,36)24(38)15-31(20,6)33(17,26(39)41-16-34)43-27(40)42-25-12-18-7-9-30(25,5)28(18,2)3/h8,10,13,17-18,20-21,23-25,38H,7,9,11-12,14-16H2,1-6H3/t17-,18+,20+,21+,23+,24+,25+,29+,30-,31+,32+,33+/m1/s1. The number of carbonyl (C=O) groups excluding carboxylic acids is 3. The fraction of sp³-hybridized carbons (Fsp3) is 0.788. The third-order valence-corrected chi connectivity index (χ3v) is 13.9. The van der Waals surface area contributed by atoms with E-state index in [1.54, 1.807) is 13.8 Å². The van der Waals surface area contributed by atoms with Gasteiger partial charge in [-0.3, -0.25) is 4.79 Å². The molecular formula is C33H43F3O7. The number of hydrogen-bond donors (Lipinski definition) is 1. The van der Waals surface area contributed by atoms with Gasteiger partial charge in [0.1, 0.15) is 12.3 Å². The Morgan fingerprint density at radius 1 is 1.07 bits per heavy atom. The molecule has 0 aromatic carbocycles. The Bertz CT molecular complexity index is 1310. The van der Waals surface area contributed by atoms with E-state index >= 15 is 8.78 Å². The second-order valence-corrected chi connectivity index (χ2v) is 15.3. The van der Waals surface area contributed by atoms with Gasteiger partial charge in [-0.1, -0.05) is 40.7 Å². The van der Waals surface area contributed by atoms with E-state index in [-0.39, 0.29) is 35.7 Å². The van der Waals surface area contributed by atoms with E-state index in [1.165, 1.54) is 19.1 Å². The summed E-state index contributed by atoms with van der Waals surface area (Å²) in [5, 5.41) is 11.6. The summed E-state index contributed by atoms with van der Waals surface area (Å²) in [6, 6.07) is 0. The van der Waals surface area contributed by atoms with Crippen LogP contribution >= 0.6 is 0 Å². The van der Waals surface area contributed by atoms with Gasteiger partial charge in [0.25, 0.3) is 0 Å². The normalized spacial score (nSPS) is 50.8. The van der Waals surface area contributed by atoms with E-state index in [0.717, 1.165) is 18.9 Å². The molecule has 0 unspecified atom stereocenters. The molecule has 2 bridgehead atoms. The molecule has 6 aliphatic carbocycles. The number of ketones is 1. The lowest BCUT2D eigenvalue weighted by atomic mass is 9.44. The summed E-state index contributed by atoms with van der Waals surface area (Å²) in [5.41, 5.74) is -7.92. The highest BCUT2D eigenvalue weighted by Crippen LogP contribution is 2.72. The molecule has 238 valence electrons. The number of ether oxygens (including phenoxy) is 3. The third-order valence-electron chi connectivity index (χ3n) is 13.9. The van der Waals surface area contributed by atoms with Crippen molar-refractivity contribution in [2.24, 2.45) is 45.3 Å². The molecule has 12 atom stereocenters. The van der Waals surface area contributed by atoms with E-state index in [1.807, 2.05) is 0 Å². The minimum absolute atomic E-state index is 0.0161.